The summed E-state index contributed by atoms with van der Waals surface area (Å²) in [5.41, 5.74) is 1.73. The highest BCUT2D eigenvalue weighted by Crippen LogP contribution is 2.30. The van der Waals surface area contributed by atoms with E-state index in [4.69, 9.17) is 0 Å². The molecule has 2 aliphatic heterocycles. The van der Waals surface area contributed by atoms with Crippen molar-refractivity contribution in [2.75, 3.05) is 18.4 Å². The molecule has 1 fully saturated rings. The van der Waals surface area contributed by atoms with E-state index >= 15 is 0 Å². The second kappa shape index (κ2) is 8.32. The molecule has 1 atom stereocenters. The van der Waals surface area contributed by atoms with E-state index in [2.05, 4.69) is 14.7 Å². The molecule has 8 heteroatoms. The number of likely N-dealkylation sites (tertiary alicyclic amines) is 1. The van der Waals surface area contributed by atoms with E-state index in [0.717, 1.165) is 25.7 Å². The number of benzene rings is 1. The van der Waals surface area contributed by atoms with Crippen LogP contribution in [0.25, 0.3) is 0 Å². The lowest BCUT2D eigenvalue weighted by Crippen LogP contribution is -2.44. The maximum Gasteiger partial charge on any atom is 0.286 e. The van der Waals surface area contributed by atoms with Crippen LogP contribution in [0.15, 0.2) is 58.1 Å². The van der Waals surface area contributed by atoms with Gasteiger partial charge in [-0.05, 0) is 55.5 Å². The number of amidine groups is 1. The van der Waals surface area contributed by atoms with Crippen molar-refractivity contribution in [2.45, 2.75) is 37.0 Å². The van der Waals surface area contributed by atoms with Gasteiger partial charge in [0.15, 0.2) is 0 Å². The van der Waals surface area contributed by atoms with Gasteiger partial charge in [0, 0.05) is 37.8 Å². The third-order valence-corrected chi connectivity index (χ3v) is 6.76. The monoisotopic (exact) mass is 412 g/mol. The smallest absolute Gasteiger partial charge is 0.286 e. The molecule has 1 aromatic heterocycles. The fraction of sp³-hybridized carbons (Fsp3) is 0.381. The molecule has 0 saturated carbocycles. The highest BCUT2D eigenvalue weighted by atomic mass is 32.2. The number of para-hydroxylation sites is 1. The second-order valence-corrected chi connectivity index (χ2v) is 9.03. The molecule has 2 aliphatic rings. The van der Waals surface area contributed by atoms with Gasteiger partial charge in [-0.1, -0.05) is 12.1 Å². The van der Waals surface area contributed by atoms with Crippen molar-refractivity contribution in [3.63, 3.8) is 0 Å². The Morgan fingerprint density at radius 3 is 2.79 bits per heavy atom. The first-order chi connectivity index (χ1) is 14.0. The van der Waals surface area contributed by atoms with Crippen molar-refractivity contribution >= 4 is 27.5 Å². The molecular formula is C21H24N4O3S. The summed E-state index contributed by atoms with van der Waals surface area (Å²) in [4.78, 5) is 18.7. The van der Waals surface area contributed by atoms with Crippen LogP contribution in [0.1, 0.15) is 31.2 Å². The number of aryl methyl sites for hydroxylation is 1. The molecule has 1 N–H and O–H groups in total. The van der Waals surface area contributed by atoms with Crippen molar-refractivity contribution in [3.8, 4) is 0 Å². The summed E-state index contributed by atoms with van der Waals surface area (Å²) in [5, 5.41) is 3.17. The molecule has 0 unspecified atom stereocenters. The van der Waals surface area contributed by atoms with Gasteiger partial charge < -0.3 is 10.2 Å². The molecular weight excluding hydrogens is 388 g/mol. The highest BCUT2D eigenvalue weighted by molar-refractivity contribution is 7.90. The normalized spacial score (nSPS) is 20.3. The van der Waals surface area contributed by atoms with E-state index in [-0.39, 0.29) is 16.7 Å². The van der Waals surface area contributed by atoms with Gasteiger partial charge in [0.2, 0.25) is 5.91 Å². The number of amides is 1. The number of sulfonamides is 1. The Bertz CT molecular complexity index is 1020. The van der Waals surface area contributed by atoms with Crippen LogP contribution < -0.4 is 5.32 Å². The topological polar surface area (TPSA) is 91.7 Å². The van der Waals surface area contributed by atoms with Crippen LogP contribution in [-0.4, -0.2) is 43.1 Å². The maximum absolute atomic E-state index is 12.7. The summed E-state index contributed by atoms with van der Waals surface area (Å²) < 4.78 is 29.0. The number of piperidine rings is 1. The molecule has 0 radical (unpaired) electrons. The number of pyridine rings is 1. The molecule has 7 nitrogen and oxygen atoms in total. The lowest BCUT2D eigenvalue weighted by Gasteiger charge is -2.34. The molecule has 3 heterocycles. The first-order valence-corrected chi connectivity index (χ1v) is 11.3. The van der Waals surface area contributed by atoms with Crippen molar-refractivity contribution < 1.29 is 13.2 Å². The predicted octanol–water partition coefficient (Wildman–Crippen LogP) is 2.86. The standard InChI is InChI=1S/C21H24N4O3S/c26-20(9-3-5-16-10-12-22-13-11-16)25-14-4-6-17(15-25)21-23-18-7-1-2-8-19(18)29(27,28)24-21/h1-2,7-8,10-13,17H,3-6,9,14-15H2,(H,23,24)/t17-/m1/s1. The first-order valence-electron chi connectivity index (χ1n) is 9.90. The van der Waals surface area contributed by atoms with Crippen LogP contribution in [0.3, 0.4) is 0 Å². The molecule has 4 rings (SSSR count). The number of carbonyl (C=O) groups is 1. The van der Waals surface area contributed by atoms with Crippen LogP contribution in [0.5, 0.6) is 0 Å². The number of aromatic nitrogens is 1. The number of carbonyl (C=O) groups excluding carboxylic acids is 1. The number of anilines is 1. The maximum atomic E-state index is 12.7. The Balaban J connectivity index is 1.38. The zero-order valence-corrected chi connectivity index (χ0v) is 16.9. The molecule has 1 saturated heterocycles. The molecule has 1 amide bonds. The summed E-state index contributed by atoms with van der Waals surface area (Å²) in [5.74, 6) is 0.456. The van der Waals surface area contributed by atoms with Crippen molar-refractivity contribution in [1.82, 2.24) is 9.88 Å². The first kappa shape index (κ1) is 19.6. The van der Waals surface area contributed by atoms with Gasteiger partial charge in [0.05, 0.1) is 5.69 Å². The number of nitrogens with one attached hydrogen (secondary N) is 1. The van der Waals surface area contributed by atoms with Gasteiger partial charge in [-0.15, -0.1) is 4.40 Å². The quantitative estimate of drug-likeness (QED) is 0.815. The van der Waals surface area contributed by atoms with E-state index in [1.54, 1.807) is 36.7 Å². The van der Waals surface area contributed by atoms with E-state index in [0.29, 0.717) is 31.0 Å². The SMILES string of the molecule is O=C(CCCc1ccncc1)N1CCC[C@@H](C2=NS(=O)(=O)c3ccccc3N2)C1. The summed E-state index contributed by atoms with van der Waals surface area (Å²) >= 11 is 0. The highest BCUT2D eigenvalue weighted by Gasteiger charge is 2.32. The molecule has 29 heavy (non-hydrogen) atoms. The minimum absolute atomic E-state index is 0.101. The number of nitrogens with zero attached hydrogens (tertiary/aromatic N) is 3. The fourth-order valence-corrected chi connectivity index (χ4v) is 5.09. The van der Waals surface area contributed by atoms with E-state index in [1.807, 2.05) is 17.0 Å². The third kappa shape index (κ3) is 4.48. The molecule has 0 bridgehead atoms. The van der Waals surface area contributed by atoms with Crippen LogP contribution in [0, 0.1) is 5.92 Å². The van der Waals surface area contributed by atoms with Crippen LogP contribution in [0.4, 0.5) is 5.69 Å². The van der Waals surface area contributed by atoms with Crippen molar-refractivity contribution in [2.24, 2.45) is 10.3 Å². The lowest BCUT2D eigenvalue weighted by molar-refractivity contribution is -0.132. The van der Waals surface area contributed by atoms with Crippen LogP contribution >= 0.6 is 0 Å². The van der Waals surface area contributed by atoms with E-state index in [1.165, 1.54) is 5.56 Å². The van der Waals surface area contributed by atoms with E-state index < -0.39 is 10.0 Å². The van der Waals surface area contributed by atoms with Crippen LogP contribution in [-0.2, 0) is 21.2 Å². The van der Waals surface area contributed by atoms with Gasteiger partial charge in [-0.25, -0.2) is 0 Å². The van der Waals surface area contributed by atoms with E-state index in [9.17, 15) is 13.2 Å². The average molecular weight is 413 g/mol. The minimum atomic E-state index is -3.71. The Hall–Kier alpha value is -2.74. The van der Waals surface area contributed by atoms with Gasteiger partial charge in [-0.2, -0.15) is 8.42 Å². The predicted molar refractivity (Wildman–Crippen MR) is 111 cm³/mol. The van der Waals surface area contributed by atoms with Gasteiger partial charge >= 0.3 is 0 Å². The minimum Gasteiger partial charge on any atom is -0.342 e. The number of fused-ring (bicyclic) bond motifs is 1. The molecule has 152 valence electrons. The molecule has 2 aromatic rings. The summed E-state index contributed by atoms with van der Waals surface area (Å²) in [6, 6.07) is 10.7. The Kier molecular flexibility index (Phi) is 5.62. The third-order valence-electron chi connectivity index (χ3n) is 5.41. The summed E-state index contributed by atoms with van der Waals surface area (Å²) in [6.07, 6.45) is 7.27. The summed E-state index contributed by atoms with van der Waals surface area (Å²) in [7, 11) is -3.71. The van der Waals surface area contributed by atoms with Crippen molar-refractivity contribution in [3.05, 3.63) is 54.4 Å². The fourth-order valence-electron chi connectivity index (χ4n) is 3.89. The summed E-state index contributed by atoms with van der Waals surface area (Å²) in [6.45, 7) is 1.21. The lowest BCUT2D eigenvalue weighted by atomic mass is 9.96. The molecule has 0 aliphatic carbocycles. The second-order valence-electron chi connectivity index (χ2n) is 7.46. The largest absolute Gasteiger partial charge is 0.342 e. The number of rotatable bonds is 5. The molecule has 1 aromatic carbocycles. The van der Waals surface area contributed by atoms with Gasteiger partial charge in [0.1, 0.15) is 10.7 Å². The van der Waals surface area contributed by atoms with Gasteiger partial charge in [-0.3, -0.25) is 9.78 Å². The Morgan fingerprint density at radius 1 is 1.17 bits per heavy atom. The Morgan fingerprint density at radius 2 is 1.97 bits per heavy atom. The van der Waals surface area contributed by atoms with Crippen molar-refractivity contribution in [1.29, 1.82) is 0 Å². The zero-order chi connectivity index (χ0) is 20.3. The number of hydrogen-bond donors (Lipinski definition) is 1. The number of hydrogen-bond acceptors (Lipinski definition) is 5. The molecule has 0 spiro atoms. The van der Waals surface area contributed by atoms with Crippen LogP contribution in [0.2, 0.25) is 0 Å². The zero-order valence-electron chi connectivity index (χ0n) is 16.1. The average Bonchev–Trinajstić information content (AvgIpc) is 2.74. The Labute approximate surface area is 170 Å². The van der Waals surface area contributed by atoms with Gasteiger partial charge in [0.25, 0.3) is 10.0 Å².